The second-order valence-corrected chi connectivity index (χ2v) is 7.24. The molecule has 0 aliphatic carbocycles. The van der Waals surface area contributed by atoms with Gasteiger partial charge in [-0.1, -0.05) is 51.2 Å². The Balaban J connectivity index is 2.28. The van der Waals surface area contributed by atoms with Gasteiger partial charge >= 0.3 is 0 Å². The molecule has 0 fully saturated rings. The van der Waals surface area contributed by atoms with Gasteiger partial charge in [-0.3, -0.25) is 0 Å². The molecule has 0 amide bonds. The molecule has 0 heterocycles. The number of unbranched alkanes of at least 4 members (excludes halogenated alkanes) is 4. The summed E-state index contributed by atoms with van der Waals surface area (Å²) < 4.78 is 22.3. The smallest absolute Gasteiger partial charge is 0.238 e. The highest BCUT2D eigenvalue weighted by Crippen LogP contribution is 2.10. The maximum absolute atomic E-state index is 11.2. The lowest BCUT2D eigenvalue weighted by Crippen LogP contribution is -2.25. The van der Waals surface area contributed by atoms with Crippen LogP contribution in [0.3, 0.4) is 0 Å². The first-order valence-electron chi connectivity index (χ1n) is 7.78. The number of rotatable bonds is 10. The van der Waals surface area contributed by atoms with E-state index in [-0.39, 0.29) is 4.90 Å². The Hall–Kier alpha value is -0.910. The number of benzene rings is 1. The lowest BCUT2D eigenvalue weighted by Gasteiger charge is -2.14. The quantitative estimate of drug-likeness (QED) is 0.652. The molecule has 0 aromatic heterocycles. The van der Waals surface area contributed by atoms with Crippen LogP contribution in [0.2, 0.25) is 0 Å². The summed E-state index contributed by atoms with van der Waals surface area (Å²) in [7, 11) is -3.59. The van der Waals surface area contributed by atoms with Gasteiger partial charge in [0.25, 0.3) is 0 Å². The summed E-state index contributed by atoms with van der Waals surface area (Å²) in [6.07, 6.45) is 7.69. The molecule has 1 rings (SSSR count). The van der Waals surface area contributed by atoms with Crippen molar-refractivity contribution in [3.63, 3.8) is 0 Å². The molecule has 21 heavy (non-hydrogen) atoms. The zero-order valence-corrected chi connectivity index (χ0v) is 14.0. The fraction of sp³-hybridized carbons (Fsp3) is 0.625. The van der Waals surface area contributed by atoms with E-state index in [0.29, 0.717) is 6.04 Å². The molecule has 0 aliphatic rings. The van der Waals surface area contributed by atoms with E-state index in [9.17, 15) is 8.42 Å². The van der Waals surface area contributed by atoms with Gasteiger partial charge in [0.1, 0.15) is 0 Å². The van der Waals surface area contributed by atoms with Crippen molar-refractivity contribution in [2.75, 3.05) is 0 Å². The summed E-state index contributed by atoms with van der Waals surface area (Å²) in [5.41, 5.74) is 1.07. The lowest BCUT2D eigenvalue weighted by molar-refractivity contribution is 0.480. The third-order valence-electron chi connectivity index (χ3n) is 3.65. The van der Waals surface area contributed by atoms with Gasteiger partial charge in [0.2, 0.25) is 10.0 Å². The predicted octanol–water partition coefficient (Wildman–Crippen LogP) is 3.17. The number of hydrogen-bond acceptors (Lipinski definition) is 3. The van der Waals surface area contributed by atoms with Crippen molar-refractivity contribution >= 4 is 10.0 Å². The number of primary sulfonamides is 1. The van der Waals surface area contributed by atoms with Crippen molar-refractivity contribution < 1.29 is 8.42 Å². The van der Waals surface area contributed by atoms with Gasteiger partial charge in [-0.2, -0.15) is 0 Å². The van der Waals surface area contributed by atoms with Gasteiger partial charge in [0.05, 0.1) is 4.90 Å². The minimum Gasteiger partial charge on any atom is -0.310 e. The molecular weight excluding hydrogens is 284 g/mol. The minimum atomic E-state index is -3.59. The van der Waals surface area contributed by atoms with Crippen molar-refractivity contribution in [2.45, 2.75) is 69.9 Å². The molecule has 4 nitrogen and oxygen atoms in total. The molecule has 5 heteroatoms. The Morgan fingerprint density at radius 1 is 1.10 bits per heavy atom. The molecule has 0 aliphatic heterocycles. The summed E-state index contributed by atoms with van der Waals surface area (Å²) in [5, 5.41) is 8.54. The maximum atomic E-state index is 11.2. The second kappa shape index (κ2) is 9.18. The van der Waals surface area contributed by atoms with Crippen LogP contribution in [0, 0.1) is 0 Å². The third-order valence-corrected chi connectivity index (χ3v) is 4.58. The third kappa shape index (κ3) is 7.60. The van der Waals surface area contributed by atoms with E-state index >= 15 is 0 Å². The fourth-order valence-electron chi connectivity index (χ4n) is 2.25. The summed E-state index contributed by atoms with van der Waals surface area (Å²) in [6.45, 7) is 5.17. The number of hydrogen-bond donors (Lipinski definition) is 2. The molecule has 1 aromatic carbocycles. The van der Waals surface area contributed by atoms with Crippen LogP contribution in [0.15, 0.2) is 29.2 Å². The molecule has 0 bridgehead atoms. The Bertz CT molecular complexity index is 498. The molecule has 0 radical (unpaired) electrons. The average Bonchev–Trinajstić information content (AvgIpc) is 2.44. The number of sulfonamides is 1. The van der Waals surface area contributed by atoms with Gasteiger partial charge in [-0.15, -0.1) is 0 Å². The van der Waals surface area contributed by atoms with Crippen LogP contribution in [0.25, 0.3) is 0 Å². The molecule has 1 aromatic rings. The Morgan fingerprint density at radius 3 is 2.29 bits per heavy atom. The van der Waals surface area contributed by atoms with Crippen LogP contribution in [0.1, 0.15) is 57.9 Å². The van der Waals surface area contributed by atoms with Crippen LogP contribution >= 0.6 is 0 Å². The minimum absolute atomic E-state index is 0.162. The number of nitrogens with two attached hydrogens (primary N) is 1. The molecule has 3 N–H and O–H groups in total. The second-order valence-electron chi connectivity index (χ2n) is 5.67. The van der Waals surface area contributed by atoms with Crippen molar-refractivity contribution in [1.29, 1.82) is 0 Å². The van der Waals surface area contributed by atoms with E-state index in [4.69, 9.17) is 5.14 Å². The first kappa shape index (κ1) is 18.1. The van der Waals surface area contributed by atoms with Crippen LogP contribution in [-0.2, 0) is 16.6 Å². The Morgan fingerprint density at radius 2 is 1.71 bits per heavy atom. The van der Waals surface area contributed by atoms with Gasteiger partial charge in [0.15, 0.2) is 0 Å². The van der Waals surface area contributed by atoms with Gasteiger partial charge in [-0.05, 0) is 31.0 Å². The lowest BCUT2D eigenvalue weighted by atomic mass is 10.1. The molecule has 1 unspecified atom stereocenters. The van der Waals surface area contributed by atoms with Crippen LogP contribution < -0.4 is 10.5 Å². The monoisotopic (exact) mass is 312 g/mol. The van der Waals surface area contributed by atoms with Crippen LogP contribution in [0.5, 0.6) is 0 Å². The highest BCUT2D eigenvalue weighted by Gasteiger charge is 2.07. The summed E-state index contributed by atoms with van der Waals surface area (Å²) >= 11 is 0. The zero-order chi connectivity index (χ0) is 15.7. The SMILES string of the molecule is CCCCCCCC(C)NCc1ccc(S(N)(=O)=O)cc1. The molecular formula is C16H28N2O2S. The van der Waals surface area contributed by atoms with Gasteiger partial charge in [-0.25, -0.2) is 13.6 Å². The number of nitrogens with one attached hydrogen (secondary N) is 1. The largest absolute Gasteiger partial charge is 0.310 e. The molecule has 120 valence electrons. The van der Waals surface area contributed by atoms with E-state index in [1.54, 1.807) is 24.3 Å². The van der Waals surface area contributed by atoms with E-state index in [0.717, 1.165) is 12.1 Å². The van der Waals surface area contributed by atoms with Crippen molar-refractivity contribution in [2.24, 2.45) is 5.14 Å². The molecule has 0 spiro atoms. The van der Waals surface area contributed by atoms with Crippen LogP contribution in [0.4, 0.5) is 0 Å². The topological polar surface area (TPSA) is 72.2 Å². The normalized spacial score (nSPS) is 13.3. The maximum Gasteiger partial charge on any atom is 0.238 e. The summed E-state index contributed by atoms with van der Waals surface area (Å²) in [5.74, 6) is 0. The highest BCUT2D eigenvalue weighted by molar-refractivity contribution is 7.89. The van der Waals surface area contributed by atoms with E-state index in [1.807, 2.05) is 0 Å². The standard InChI is InChI=1S/C16H28N2O2S/c1-3-4-5-6-7-8-14(2)18-13-15-9-11-16(12-10-15)21(17,19)20/h9-12,14,18H,3-8,13H2,1-2H3,(H2,17,19,20). The zero-order valence-electron chi connectivity index (χ0n) is 13.1. The first-order chi connectivity index (χ1) is 9.93. The Kier molecular flexibility index (Phi) is 7.93. The van der Waals surface area contributed by atoms with E-state index < -0.39 is 10.0 Å². The predicted molar refractivity (Wildman–Crippen MR) is 87.5 cm³/mol. The van der Waals surface area contributed by atoms with Crippen molar-refractivity contribution in [3.8, 4) is 0 Å². The van der Waals surface area contributed by atoms with Crippen molar-refractivity contribution in [1.82, 2.24) is 5.32 Å². The average molecular weight is 312 g/mol. The van der Waals surface area contributed by atoms with E-state index in [2.05, 4.69) is 19.2 Å². The Labute approximate surface area is 129 Å². The molecule has 0 saturated heterocycles. The van der Waals surface area contributed by atoms with Gasteiger partial charge in [0, 0.05) is 12.6 Å². The molecule has 0 saturated carbocycles. The van der Waals surface area contributed by atoms with E-state index in [1.165, 1.54) is 38.5 Å². The van der Waals surface area contributed by atoms with Gasteiger partial charge < -0.3 is 5.32 Å². The van der Waals surface area contributed by atoms with Crippen molar-refractivity contribution in [3.05, 3.63) is 29.8 Å². The first-order valence-corrected chi connectivity index (χ1v) is 9.33. The summed E-state index contributed by atoms with van der Waals surface area (Å²) in [6, 6.07) is 7.20. The van der Waals surface area contributed by atoms with Crippen LogP contribution in [-0.4, -0.2) is 14.5 Å². The highest BCUT2D eigenvalue weighted by atomic mass is 32.2. The summed E-state index contributed by atoms with van der Waals surface area (Å²) in [4.78, 5) is 0.162. The molecule has 1 atom stereocenters. The fourth-order valence-corrected chi connectivity index (χ4v) is 2.76.